The number of benzene rings is 2. The molecule has 0 atom stereocenters. The maximum atomic E-state index is 12.9. The number of nitrogens with zero attached hydrogens (tertiary/aromatic N) is 1. The molecule has 0 radical (unpaired) electrons. The minimum absolute atomic E-state index is 0.00595. The van der Waals surface area contributed by atoms with E-state index >= 15 is 0 Å². The van der Waals surface area contributed by atoms with Gasteiger partial charge in [0.2, 0.25) is 15.9 Å². The van der Waals surface area contributed by atoms with Crippen molar-refractivity contribution in [3.8, 4) is 5.75 Å². The number of sulfonamides is 1. The number of nitrogens with one attached hydrogen (secondary N) is 2. The molecule has 0 fully saturated rings. The van der Waals surface area contributed by atoms with Crippen molar-refractivity contribution < 1.29 is 27.5 Å². The van der Waals surface area contributed by atoms with Gasteiger partial charge in [0.05, 0.1) is 10.6 Å². The Balaban J connectivity index is 1.92. The molecule has 0 heterocycles. The Morgan fingerprint density at radius 2 is 1.71 bits per heavy atom. The van der Waals surface area contributed by atoms with E-state index in [9.17, 15) is 27.5 Å². The Morgan fingerprint density at radius 3 is 2.32 bits per heavy atom. The number of aromatic hydroxyl groups is 1. The van der Waals surface area contributed by atoms with E-state index in [1.54, 1.807) is 13.8 Å². The first-order valence-corrected chi connectivity index (χ1v) is 11.3. The summed E-state index contributed by atoms with van der Waals surface area (Å²) in [5.41, 5.74) is 0.301. The first-order valence-electron chi connectivity index (χ1n) is 9.85. The fraction of sp³-hybridized carbons (Fsp3) is 0.333. The van der Waals surface area contributed by atoms with Crippen molar-refractivity contribution in [3.05, 3.63) is 53.8 Å². The molecule has 0 aliphatic rings. The van der Waals surface area contributed by atoms with Crippen LogP contribution in [-0.2, 0) is 14.8 Å². The van der Waals surface area contributed by atoms with Crippen LogP contribution in [0, 0.1) is 5.82 Å². The molecule has 0 aromatic heterocycles. The summed E-state index contributed by atoms with van der Waals surface area (Å²) in [6.07, 6.45) is 0.354. The lowest BCUT2D eigenvalue weighted by Crippen LogP contribution is -2.30. The predicted octanol–water partition coefficient (Wildman–Crippen LogP) is 2.71. The number of hydrogen-bond acceptors (Lipinski definition) is 5. The third-order valence-corrected chi connectivity index (χ3v) is 6.60. The Morgan fingerprint density at radius 1 is 1.06 bits per heavy atom. The van der Waals surface area contributed by atoms with Crippen molar-refractivity contribution in [2.24, 2.45) is 0 Å². The Kier molecular flexibility index (Phi) is 8.52. The van der Waals surface area contributed by atoms with Crippen LogP contribution in [0.1, 0.15) is 37.0 Å². The molecule has 3 N–H and O–H groups in total. The quantitative estimate of drug-likeness (QED) is 0.379. The minimum atomic E-state index is -3.74. The normalized spacial score (nSPS) is 11.4. The summed E-state index contributed by atoms with van der Waals surface area (Å²) >= 11 is 0. The average Bonchev–Trinajstić information content (AvgIpc) is 2.73. The lowest BCUT2D eigenvalue weighted by molar-refractivity contribution is -0.116. The molecule has 0 saturated heterocycles. The van der Waals surface area contributed by atoms with Gasteiger partial charge in [0.25, 0.3) is 5.91 Å². The van der Waals surface area contributed by atoms with E-state index in [1.807, 2.05) is 0 Å². The van der Waals surface area contributed by atoms with E-state index in [1.165, 1.54) is 46.8 Å². The molecule has 0 unspecified atom stereocenters. The molecule has 10 heteroatoms. The van der Waals surface area contributed by atoms with Gasteiger partial charge in [0, 0.05) is 31.6 Å². The summed E-state index contributed by atoms with van der Waals surface area (Å²) < 4.78 is 39.4. The highest BCUT2D eigenvalue weighted by atomic mass is 32.2. The molecule has 2 aromatic carbocycles. The molecular weight excluding hydrogens is 425 g/mol. The van der Waals surface area contributed by atoms with Crippen LogP contribution in [-0.4, -0.2) is 49.3 Å². The summed E-state index contributed by atoms with van der Waals surface area (Å²) in [6.45, 7) is 4.25. The maximum absolute atomic E-state index is 12.9. The third kappa shape index (κ3) is 6.50. The second-order valence-electron chi connectivity index (χ2n) is 6.68. The lowest BCUT2D eigenvalue weighted by atomic mass is 10.2. The molecule has 0 bridgehead atoms. The number of phenolic OH excluding ortho intramolecular Hbond substituents is 1. The van der Waals surface area contributed by atoms with Gasteiger partial charge in [-0.25, -0.2) is 12.8 Å². The zero-order chi connectivity index (χ0) is 23.0. The summed E-state index contributed by atoms with van der Waals surface area (Å²) in [5.74, 6) is -1.52. The summed E-state index contributed by atoms with van der Waals surface area (Å²) in [6, 6.07) is 8.81. The highest BCUT2D eigenvalue weighted by molar-refractivity contribution is 7.89. The Hall–Kier alpha value is -2.98. The standard InChI is InChI=1S/C21H26FN3O5S/c1-3-25(4-2)31(29,30)17-11-12-19(26)18(14-17)24-20(27)6-5-13-23-21(28)15-7-9-16(22)10-8-15/h7-12,14,26H,3-6,13H2,1-2H3,(H,23,28)(H,24,27). The maximum Gasteiger partial charge on any atom is 0.251 e. The van der Waals surface area contributed by atoms with Gasteiger partial charge in [-0.2, -0.15) is 4.31 Å². The van der Waals surface area contributed by atoms with E-state index < -0.39 is 21.7 Å². The van der Waals surface area contributed by atoms with Crippen LogP contribution >= 0.6 is 0 Å². The van der Waals surface area contributed by atoms with Crippen LogP contribution in [0.15, 0.2) is 47.4 Å². The van der Waals surface area contributed by atoms with E-state index in [0.29, 0.717) is 25.1 Å². The van der Waals surface area contributed by atoms with Crippen molar-refractivity contribution in [2.45, 2.75) is 31.6 Å². The van der Waals surface area contributed by atoms with Crippen molar-refractivity contribution in [1.29, 1.82) is 0 Å². The van der Waals surface area contributed by atoms with E-state index in [-0.39, 0.29) is 35.2 Å². The number of hydrogen-bond donors (Lipinski definition) is 3. The monoisotopic (exact) mass is 451 g/mol. The van der Waals surface area contributed by atoms with Crippen molar-refractivity contribution in [1.82, 2.24) is 9.62 Å². The van der Waals surface area contributed by atoms with Gasteiger partial charge in [-0.3, -0.25) is 9.59 Å². The molecule has 0 aliphatic heterocycles. The number of carbonyl (C=O) groups is 2. The second kappa shape index (κ2) is 10.9. The van der Waals surface area contributed by atoms with Crippen LogP contribution in [0.3, 0.4) is 0 Å². The molecule has 168 valence electrons. The Bertz CT molecular complexity index is 1020. The minimum Gasteiger partial charge on any atom is -0.506 e. The first kappa shape index (κ1) is 24.3. The van der Waals surface area contributed by atoms with Crippen LogP contribution in [0.2, 0.25) is 0 Å². The van der Waals surface area contributed by atoms with Crippen molar-refractivity contribution >= 4 is 27.5 Å². The Labute approximate surface area is 181 Å². The van der Waals surface area contributed by atoms with Gasteiger partial charge in [0.15, 0.2) is 0 Å². The molecule has 8 nitrogen and oxygen atoms in total. The molecule has 0 aliphatic carbocycles. The molecular formula is C21H26FN3O5S. The topological polar surface area (TPSA) is 116 Å². The molecule has 2 aromatic rings. The van der Waals surface area contributed by atoms with Crippen LogP contribution in [0.25, 0.3) is 0 Å². The molecule has 2 rings (SSSR count). The SMILES string of the molecule is CCN(CC)S(=O)(=O)c1ccc(O)c(NC(=O)CCCNC(=O)c2ccc(F)cc2)c1. The average molecular weight is 452 g/mol. The van der Waals surface area contributed by atoms with Crippen LogP contribution < -0.4 is 10.6 Å². The van der Waals surface area contributed by atoms with Crippen LogP contribution in [0.4, 0.5) is 10.1 Å². The van der Waals surface area contributed by atoms with Gasteiger partial charge in [-0.05, 0) is 48.9 Å². The highest BCUT2D eigenvalue weighted by Crippen LogP contribution is 2.28. The van der Waals surface area contributed by atoms with E-state index in [0.717, 1.165) is 0 Å². The number of phenols is 1. The molecule has 0 saturated carbocycles. The van der Waals surface area contributed by atoms with Gasteiger partial charge < -0.3 is 15.7 Å². The van der Waals surface area contributed by atoms with Crippen molar-refractivity contribution in [2.75, 3.05) is 25.0 Å². The molecule has 2 amide bonds. The smallest absolute Gasteiger partial charge is 0.251 e. The number of amides is 2. The van der Waals surface area contributed by atoms with E-state index in [4.69, 9.17) is 0 Å². The zero-order valence-corrected chi connectivity index (χ0v) is 18.2. The molecule has 31 heavy (non-hydrogen) atoms. The summed E-state index contributed by atoms with van der Waals surface area (Å²) in [4.78, 5) is 24.1. The van der Waals surface area contributed by atoms with Gasteiger partial charge in [-0.1, -0.05) is 13.8 Å². The fourth-order valence-corrected chi connectivity index (χ4v) is 4.34. The van der Waals surface area contributed by atoms with Gasteiger partial charge in [-0.15, -0.1) is 0 Å². The number of anilines is 1. The van der Waals surface area contributed by atoms with Crippen LogP contribution in [0.5, 0.6) is 5.75 Å². The largest absolute Gasteiger partial charge is 0.506 e. The fourth-order valence-electron chi connectivity index (χ4n) is 2.86. The van der Waals surface area contributed by atoms with E-state index in [2.05, 4.69) is 10.6 Å². The second-order valence-corrected chi connectivity index (χ2v) is 8.62. The highest BCUT2D eigenvalue weighted by Gasteiger charge is 2.23. The lowest BCUT2D eigenvalue weighted by Gasteiger charge is -2.19. The summed E-state index contributed by atoms with van der Waals surface area (Å²) in [5, 5.41) is 15.1. The third-order valence-electron chi connectivity index (χ3n) is 4.56. The first-order chi connectivity index (χ1) is 14.7. The van der Waals surface area contributed by atoms with Gasteiger partial charge in [0.1, 0.15) is 11.6 Å². The summed E-state index contributed by atoms with van der Waals surface area (Å²) in [7, 11) is -3.74. The van der Waals surface area contributed by atoms with Gasteiger partial charge >= 0.3 is 0 Å². The number of carbonyl (C=O) groups excluding carboxylic acids is 2. The predicted molar refractivity (Wildman–Crippen MR) is 115 cm³/mol. The van der Waals surface area contributed by atoms with Crippen molar-refractivity contribution in [3.63, 3.8) is 0 Å². The number of rotatable bonds is 10. The molecule has 0 spiro atoms. The number of halogens is 1. The zero-order valence-electron chi connectivity index (χ0n) is 17.4.